The molecule has 2 aromatic carbocycles. The molecule has 1 aliphatic heterocycles. The number of amides is 2. The number of hydrogen-bond acceptors (Lipinski definition) is 3. The van der Waals surface area contributed by atoms with Crippen LogP contribution in [0.3, 0.4) is 0 Å². The Morgan fingerprint density at radius 1 is 1.00 bits per heavy atom. The molecule has 2 amide bonds. The molecule has 1 saturated heterocycles. The second kappa shape index (κ2) is 8.08. The predicted molar refractivity (Wildman–Crippen MR) is 123 cm³/mol. The molecule has 6 heteroatoms. The molecular formula is C24H21N3O2S. The quantitative estimate of drug-likeness (QED) is 0.395. The fourth-order valence-electron chi connectivity index (χ4n) is 3.48. The first-order chi connectivity index (χ1) is 14.5. The van der Waals surface area contributed by atoms with Gasteiger partial charge in [-0.05, 0) is 73.1 Å². The molecule has 0 aliphatic carbocycles. The van der Waals surface area contributed by atoms with Crippen LogP contribution in [0.4, 0.5) is 5.69 Å². The zero-order valence-electron chi connectivity index (χ0n) is 16.8. The van der Waals surface area contributed by atoms with Crippen molar-refractivity contribution >= 4 is 40.9 Å². The molecule has 0 saturated carbocycles. The number of carbonyl (C=O) groups is 2. The number of carbonyl (C=O) groups excluding carboxylic acids is 2. The number of nitrogens with one attached hydrogen (secondary N) is 1. The summed E-state index contributed by atoms with van der Waals surface area (Å²) in [5, 5.41) is 2.72. The molecule has 1 aromatic heterocycles. The molecule has 0 unspecified atom stereocenters. The fourth-order valence-corrected chi connectivity index (χ4v) is 3.76. The van der Waals surface area contributed by atoms with Gasteiger partial charge in [-0.1, -0.05) is 37.3 Å². The van der Waals surface area contributed by atoms with Crippen LogP contribution >= 0.6 is 12.2 Å². The normalized spacial score (nSPS) is 15.6. The van der Waals surface area contributed by atoms with Gasteiger partial charge in [0.2, 0.25) is 0 Å². The highest BCUT2D eigenvalue weighted by Gasteiger charge is 2.34. The number of hydrogen-bond donors (Lipinski definition) is 1. The standard InChI is InChI=1S/C24H21N3O2S/c1-3-17-9-11-20(12-10-17)27-23(29)21(22(28)25-24(27)30)14-18-13-16(2)26(15-18)19-7-5-4-6-8-19/h4-15H,3H2,1-2H3,(H,25,28,30)/b21-14-. The molecule has 0 atom stereocenters. The van der Waals surface area contributed by atoms with Gasteiger partial charge in [0.25, 0.3) is 11.8 Å². The minimum atomic E-state index is -0.489. The summed E-state index contributed by atoms with van der Waals surface area (Å²) >= 11 is 5.27. The summed E-state index contributed by atoms with van der Waals surface area (Å²) in [5.74, 6) is -0.922. The first-order valence-electron chi connectivity index (χ1n) is 9.72. The molecule has 0 spiro atoms. The first kappa shape index (κ1) is 19.8. The van der Waals surface area contributed by atoms with Gasteiger partial charge in [-0.2, -0.15) is 0 Å². The van der Waals surface area contributed by atoms with Crippen LogP contribution in [0, 0.1) is 6.92 Å². The van der Waals surface area contributed by atoms with Gasteiger partial charge in [-0.15, -0.1) is 0 Å². The lowest BCUT2D eigenvalue weighted by atomic mass is 10.1. The minimum Gasteiger partial charge on any atom is -0.321 e. The zero-order chi connectivity index (χ0) is 21.3. The molecule has 30 heavy (non-hydrogen) atoms. The van der Waals surface area contributed by atoms with E-state index in [9.17, 15) is 9.59 Å². The van der Waals surface area contributed by atoms with Crippen molar-refractivity contribution in [1.29, 1.82) is 0 Å². The lowest BCUT2D eigenvalue weighted by Crippen LogP contribution is -2.54. The third-order valence-electron chi connectivity index (χ3n) is 5.08. The van der Waals surface area contributed by atoms with Crippen molar-refractivity contribution in [2.45, 2.75) is 20.3 Å². The van der Waals surface area contributed by atoms with Crippen LogP contribution in [0.1, 0.15) is 23.7 Å². The lowest BCUT2D eigenvalue weighted by molar-refractivity contribution is -0.122. The molecule has 0 bridgehead atoms. The number of rotatable bonds is 4. The van der Waals surface area contributed by atoms with Crippen molar-refractivity contribution in [2.75, 3.05) is 4.90 Å². The van der Waals surface area contributed by atoms with Gasteiger partial charge in [0.1, 0.15) is 5.57 Å². The number of aryl methyl sites for hydroxylation is 2. The van der Waals surface area contributed by atoms with Crippen molar-refractivity contribution in [3.05, 3.63) is 89.3 Å². The first-order valence-corrected chi connectivity index (χ1v) is 10.1. The molecule has 0 radical (unpaired) electrons. The molecular weight excluding hydrogens is 394 g/mol. The Bertz CT molecular complexity index is 1160. The van der Waals surface area contributed by atoms with Crippen molar-refractivity contribution < 1.29 is 9.59 Å². The lowest BCUT2D eigenvalue weighted by Gasteiger charge is -2.29. The van der Waals surface area contributed by atoms with E-state index in [1.54, 1.807) is 6.08 Å². The SMILES string of the molecule is CCc1ccc(N2C(=O)/C(=C\c3cc(C)n(-c4ccccc4)c3)C(=O)NC2=S)cc1. The van der Waals surface area contributed by atoms with Gasteiger partial charge in [0.05, 0.1) is 5.69 Å². The molecule has 4 rings (SSSR count). The summed E-state index contributed by atoms with van der Waals surface area (Å²) in [5.41, 5.74) is 4.62. The van der Waals surface area contributed by atoms with Gasteiger partial charge in [-0.3, -0.25) is 19.8 Å². The average Bonchev–Trinajstić information content (AvgIpc) is 3.12. The van der Waals surface area contributed by atoms with Gasteiger partial charge in [0.15, 0.2) is 5.11 Å². The van der Waals surface area contributed by atoms with E-state index in [4.69, 9.17) is 12.2 Å². The average molecular weight is 416 g/mol. The summed E-state index contributed by atoms with van der Waals surface area (Å²) in [6.07, 6.45) is 4.42. The van der Waals surface area contributed by atoms with E-state index < -0.39 is 11.8 Å². The third kappa shape index (κ3) is 3.69. The topological polar surface area (TPSA) is 54.3 Å². The van der Waals surface area contributed by atoms with E-state index in [1.165, 1.54) is 4.90 Å². The highest BCUT2D eigenvalue weighted by atomic mass is 32.1. The molecule has 1 N–H and O–H groups in total. The Morgan fingerprint density at radius 2 is 1.70 bits per heavy atom. The van der Waals surface area contributed by atoms with E-state index >= 15 is 0 Å². The van der Waals surface area contributed by atoms with Gasteiger partial charge in [-0.25, -0.2) is 0 Å². The molecule has 1 aliphatic rings. The third-order valence-corrected chi connectivity index (χ3v) is 5.37. The molecule has 1 fully saturated rings. The predicted octanol–water partition coefficient (Wildman–Crippen LogP) is 4.18. The van der Waals surface area contributed by atoms with Gasteiger partial charge < -0.3 is 4.57 Å². The van der Waals surface area contributed by atoms with Gasteiger partial charge in [0, 0.05) is 17.6 Å². The van der Waals surface area contributed by atoms with Crippen molar-refractivity contribution in [3.63, 3.8) is 0 Å². The van der Waals surface area contributed by atoms with Crippen LogP contribution in [0.15, 0.2) is 72.4 Å². The number of thiocarbonyl (C=S) groups is 1. The Kier molecular flexibility index (Phi) is 5.33. The maximum atomic E-state index is 13.2. The maximum absolute atomic E-state index is 13.2. The Hall–Kier alpha value is -3.51. The van der Waals surface area contributed by atoms with Crippen LogP contribution < -0.4 is 10.2 Å². The monoisotopic (exact) mass is 415 g/mol. The molecule has 150 valence electrons. The summed E-state index contributed by atoms with van der Waals surface area (Å²) in [7, 11) is 0. The summed E-state index contributed by atoms with van der Waals surface area (Å²) in [6, 6.07) is 19.4. The van der Waals surface area contributed by atoms with Crippen molar-refractivity contribution in [2.24, 2.45) is 0 Å². The van der Waals surface area contributed by atoms with Crippen LogP contribution in [-0.2, 0) is 16.0 Å². The van der Waals surface area contributed by atoms with E-state index in [1.807, 2.05) is 78.4 Å². The Balaban J connectivity index is 1.69. The van der Waals surface area contributed by atoms with Gasteiger partial charge >= 0.3 is 0 Å². The Morgan fingerprint density at radius 3 is 2.37 bits per heavy atom. The number of anilines is 1. The molecule has 5 nitrogen and oxygen atoms in total. The highest BCUT2D eigenvalue weighted by Crippen LogP contribution is 2.24. The maximum Gasteiger partial charge on any atom is 0.270 e. The highest BCUT2D eigenvalue weighted by molar-refractivity contribution is 7.80. The smallest absolute Gasteiger partial charge is 0.270 e. The molecule has 3 aromatic rings. The van der Waals surface area contributed by atoms with E-state index in [0.717, 1.165) is 28.9 Å². The second-order valence-electron chi connectivity index (χ2n) is 7.10. The van der Waals surface area contributed by atoms with Crippen LogP contribution in [-0.4, -0.2) is 21.5 Å². The summed E-state index contributed by atoms with van der Waals surface area (Å²) < 4.78 is 2.02. The summed E-state index contributed by atoms with van der Waals surface area (Å²) in [4.78, 5) is 27.1. The van der Waals surface area contributed by atoms with Crippen molar-refractivity contribution in [3.8, 4) is 5.69 Å². The van der Waals surface area contributed by atoms with E-state index in [0.29, 0.717) is 5.69 Å². The number of aromatic nitrogens is 1. The van der Waals surface area contributed by atoms with Crippen LogP contribution in [0.5, 0.6) is 0 Å². The van der Waals surface area contributed by atoms with Crippen LogP contribution in [0.25, 0.3) is 11.8 Å². The fraction of sp³-hybridized carbons (Fsp3) is 0.125. The largest absolute Gasteiger partial charge is 0.321 e. The Labute approximate surface area is 180 Å². The number of nitrogens with zero attached hydrogens (tertiary/aromatic N) is 2. The van der Waals surface area contributed by atoms with E-state index in [-0.39, 0.29) is 10.7 Å². The number of benzene rings is 2. The van der Waals surface area contributed by atoms with Crippen molar-refractivity contribution in [1.82, 2.24) is 9.88 Å². The van der Waals surface area contributed by atoms with Crippen LogP contribution in [0.2, 0.25) is 0 Å². The molecule has 2 heterocycles. The van der Waals surface area contributed by atoms with E-state index in [2.05, 4.69) is 12.2 Å². The minimum absolute atomic E-state index is 0.0494. The summed E-state index contributed by atoms with van der Waals surface area (Å²) in [6.45, 7) is 4.05. The zero-order valence-corrected chi connectivity index (χ0v) is 17.6. The number of para-hydroxylation sites is 1. The second-order valence-corrected chi connectivity index (χ2v) is 7.48.